The molecule has 1 heterocycles. The molecular weight excluding hydrogens is 193 g/mol. The van der Waals surface area contributed by atoms with Crippen molar-refractivity contribution in [1.29, 1.82) is 0 Å². The molecule has 72 valence electrons. The monoisotopic (exact) mass is 203 g/mol. The van der Waals surface area contributed by atoms with Gasteiger partial charge in [-0.2, -0.15) is 0 Å². The molecule has 0 bridgehead atoms. The van der Waals surface area contributed by atoms with Crippen molar-refractivity contribution >= 4 is 12.4 Å². The average Bonchev–Trinajstić information content (AvgIpc) is 2.07. The molecule has 1 aliphatic heterocycles. The minimum absolute atomic E-state index is 0. The molecule has 0 amide bonds. The molecule has 0 spiro atoms. The largest absolute Gasteiger partial charge is 0.490 e. The third-order valence-corrected chi connectivity index (χ3v) is 2.07. The van der Waals surface area contributed by atoms with Crippen LogP contribution in [0, 0.1) is 5.82 Å². The fraction of sp³-hybridized carbons (Fsp3) is 0.333. The fourth-order valence-corrected chi connectivity index (χ4v) is 1.41. The minimum atomic E-state index is -0.317. The minimum Gasteiger partial charge on any atom is -0.490 e. The van der Waals surface area contributed by atoms with E-state index in [9.17, 15) is 4.39 Å². The van der Waals surface area contributed by atoms with Gasteiger partial charge in [0.2, 0.25) is 0 Å². The number of nitrogens with two attached hydrogens (primary N) is 1. The van der Waals surface area contributed by atoms with Gasteiger partial charge in [-0.3, -0.25) is 0 Å². The standard InChI is InChI=1S/C9H10FNO.ClH/c10-7-3-1-2-6-8(11)4-5-12-9(6)7;/h1-3,8H,4-5,11H2;1H/t8-;/m1./s1. The quantitative estimate of drug-likeness (QED) is 0.700. The summed E-state index contributed by atoms with van der Waals surface area (Å²) in [5, 5.41) is 0. The van der Waals surface area contributed by atoms with E-state index in [-0.39, 0.29) is 24.3 Å². The topological polar surface area (TPSA) is 35.2 Å². The van der Waals surface area contributed by atoms with Crippen molar-refractivity contribution in [3.8, 4) is 5.75 Å². The number of fused-ring (bicyclic) bond motifs is 1. The molecule has 13 heavy (non-hydrogen) atoms. The van der Waals surface area contributed by atoms with Gasteiger partial charge in [0, 0.05) is 18.0 Å². The highest BCUT2D eigenvalue weighted by atomic mass is 35.5. The van der Waals surface area contributed by atoms with Gasteiger partial charge < -0.3 is 10.5 Å². The first-order chi connectivity index (χ1) is 5.79. The van der Waals surface area contributed by atoms with Gasteiger partial charge in [0.05, 0.1) is 6.61 Å². The van der Waals surface area contributed by atoms with Crippen LogP contribution in [0.4, 0.5) is 4.39 Å². The van der Waals surface area contributed by atoms with Crippen molar-refractivity contribution in [1.82, 2.24) is 0 Å². The summed E-state index contributed by atoms with van der Waals surface area (Å²) < 4.78 is 18.2. The summed E-state index contributed by atoms with van der Waals surface area (Å²) in [5.74, 6) is 0.0129. The van der Waals surface area contributed by atoms with E-state index < -0.39 is 0 Å². The van der Waals surface area contributed by atoms with E-state index in [0.29, 0.717) is 12.4 Å². The Bertz CT molecular complexity index is 306. The first kappa shape index (κ1) is 10.3. The highest BCUT2D eigenvalue weighted by Gasteiger charge is 2.20. The van der Waals surface area contributed by atoms with E-state index in [1.54, 1.807) is 6.07 Å². The first-order valence-corrected chi connectivity index (χ1v) is 3.96. The van der Waals surface area contributed by atoms with Crippen LogP contribution in [0.2, 0.25) is 0 Å². The van der Waals surface area contributed by atoms with Crippen molar-refractivity contribution in [3.05, 3.63) is 29.6 Å². The third-order valence-electron chi connectivity index (χ3n) is 2.07. The van der Waals surface area contributed by atoms with Gasteiger partial charge in [0.25, 0.3) is 0 Å². The van der Waals surface area contributed by atoms with Gasteiger partial charge in [-0.1, -0.05) is 12.1 Å². The Hall–Kier alpha value is -0.800. The van der Waals surface area contributed by atoms with Crippen LogP contribution in [0.3, 0.4) is 0 Å². The van der Waals surface area contributed by atoms with Crippen molar-refractivity contribution in [3.63, 3.8) is 0 Å². The van der Waals surface area contributed by atoms with Crippen LogP contribution in [0.1, 0.15) is 18.0 Å². The van der Waals surface area contributed by atoms with Crippen LogP contribution in [0.5, 0.6) is 5.75 Å². The molecule has 4 heteroatoms. The second-order valence-electron chi connectivity index (χ2n) is 2.90. The molecule has 0 saturated heterocycles. The molecule has 0 fully saturated rings. The second kappa shape index (κ2) is 3.94. The Morgan fingerprint density at radius 3 is 2.92 bits per heavy atom. The smallest absolute Gasteiger partial charge is 0.165 e. The maximum atomic E-state index is 13.1. The van der Waals surface area contributed by atoms with E-state index in [4.69, 9.17) is 10.5 Å². The van der Waals surface area contributed by atoms with Crippen molar-refractivity contribution in [2.45, 2.75) is 12.5 Å². The molecule has 2 N–H and O–H groups in total. The Balaban J connectivity index is 0.000000845. The normalized spacial score (nSPS) is 19.7. The van der Waals surface area contributed by atoms with E-state index in [0.717, 1.165) is 12.0 Å². The van der Waals surface area contributed by atoms with Gasteiger partial charge in [0.15, 0.2) is 11.6 Å². The highest BCUT2D eigenvalue weighted by molar-refractivity contribution is 5.85. The molecule has 2 nitrogen and oxygen atoms in total. The number of hydrogen-bond acceptors (Lipinski definition) is 2. The summed E-state index contributed by atoms with van der Waals surface area (Å²) in [6.07, 6.45) is 0.760. The highest BCUT2D eigenvalue weighted by Crippen LogP contribution is 2.32. The number of ether oxygens (including phenoxy) is 1. The van der Waals surface area contributed by atoms with E-state index >= 15 is 0 Å². The molecule has 0 unspecified atom stereocenters. The Kier molecular flexibility index (Phi) is 3.12. The van der Waals surface area contributed by atoms with Crippen LogP contribution < -0.4 is 10.5 Å². The predicted octanol–water partition coefficient (Wildman–Crippen LogP) is 2.03. The molecule has 1 aromatic carbocycles. The van der Waals surface area contributed by atoms with Gasteiger partial charge in [-0.05, 0) is 6.07 Å². The van der Waals surface area contributed by atoms with Crippen LogP contribution in [0.15, 0.2) is 18.2 Å². The lowest BCUT2D eigenvalue weighted by Gasteiger charge is -2.22. The molecule has 2 rings (SSSR count). The Morgan fingerprint density at radius 1 is 1.46 bits per heavy atom. The molecule has 1 aromatic rings. The van der Waals surface area contributed by atoms with Crippen molar-refractivity contribution < 1.29 is 9.13 Å². The summed E-state index contributed by atoms with van der Waals surface area (Å²) in [5.41, 5.74) is 6.55. The summed E-state index contributed by atoms with van der Waals surface area (Å²) in [7, 11) is 0. The summed E-state index contributed by atoms with van der Waals surface area (Å²) in [6.45, 7) is 0.509. The lowest BCUT2D eigenvalue weighted by Crippen LogP contribution is -2.21. The zero-order chi connectivity index (χ0) is 8.55. The molecule has 0 aromatic heterocycles. The number of rotatable bonds is 0. The molecular formula is C9H11ClFNO. The maximum Gasteiger partial charge on any atom is 0.165 e. The summed E-state index contributed by atoms with van der Waals surface area (Å²) >= 11 is 0. The predicted molar refractivity (Wildman–Crippen MR) is 50.7 cm³/mol. The molecule has 0 saturated carbocycles. The van der Waals surface area contributed by atoms with Crippen LogP contribution in [-0.4, -0.2) is 6.61 Å². The van der Waals surface area contributed by atoms with Gasteiger partial charge in [0.1, 0.15) is 0 Å². The molecule has 1 atom stereocenters. The Morgan fingerprint density at radius 2 is 2.23 bits per heavy atom. The maximum absolute atomic E-state index is 13.1. The summed E-state index contributed by atoms with van der Waals surface area (Å²) in [6, 6.07) is 4.77. The van der Waals surface area contributed by atoms with Crippen molar-refractivity contribution in [2.75, 3.05) is 6.61 Å². The fourth-order valence-electron chi connectivity index (χ4n) is 1.41. The van der Waals surface area contributed by atoms with Gasteiger partial charge in [-0.15, -0.1) is 12.4 Å². The third kappa shape index (κ3) is 1.76. The van der Waals surface area contributed by atoms with Gasteiger partial charge >= 0.3 is 0 Å². The summed E-state index contributed by atoms with van der Waals surface area (Å²) in [4.78, 5) is 0. The zero-order valence-electron chi connectivity index (χ0n) is 7.00. The first-order valence-electron chi connectivity index (χ1n) is 3.96. The number of para-hydroxylation sites is 1. The Labute approximate surface area is 82.3 Å². The average molecular weight is 204 g/mol. The molecule has 0 radical (unpaired) electrons. The lowest BCUT2D eigenvalue weighted by atomic mass is 10.0. The molecule has 1 aliphatic rings. The second-order valence-corrected chi connectivity index (χ2v) is 2.90. The van der Waals surface area contributed by atoms with Crippen LogP contribution in [0.25, 0.3) is 0 Å². The van der Waals surface area contributed by atoms with E-state index in [2.05, 4.69) is 0 Å². The van der Waals surface area contributed by atoms with Crippen molar-refractivity contribution in [2.24, 2.45) is 5.73 Å². The molecule has 0 aliphatic carbocycles. The van der Waals surface area contributed by atoms with Gasteiger partial charge in [-0.25, -0.2) is 4.39 Å². The number of benzene rings is 1. The van der Waals surface area contributed by atoms with E-state index in [1.807, 2.05) is 6.07 Å². The number of halogens is 2. The van der Waals surface area contributed by atoms with Crippen LogP contribution in [-0.2, 0) is 0 Å². The lowest BCUT2D eigenvalue weighted by molar-refractivity contribution is 0.255. The number of hydrogen-bond donors (Lipinski definition) is 1. The van der Waals surface area contributed by atoms with Crippen LogP contribution >= 0.6 is 12.4 Å². The SMILES string of the molecule is Cl.N[C@@H]1CCOc2c(F)cccc21. The zero-order valence-corrected chi connectivity index (χ0v) is 7.81. The van der Waals surface area contributed by atoms with E-state index in [1.165, 1.54) is 6.07 Å².